The molecule has 4 nitrogen and oxygen atoms in total. The number of ether oxygens (including phenoxy) is 1. The van der Waals surface area contributed by atoms with Crippen LogP contribution in [0.4, 0.5) is 0 Å². The molecule has 1 unspecified atom stereocenters. The first kappa shape index (κ1) is 42.2. The van der Waals surface area contributed by atoms with E-state index in [1.807, 2.05) is 0 Å². The van der Waals surface area contributed by atoms with Crippen molar-refractivity contribution in [3.05, 3.63) is 36.5 Å². The average molecular weight is 617 g/mol. The average Bonchev–Trinajstić information content (AvgIpc) is 3.01. The molecule has 0 saturated carbocycles. The van der Waals surface area contributed by atoms with E-state index in [1.165, 1.54) is 96.3 Å². The van der Waals surface area contributed by atoms with Crippen LogP contribution in [0.25, 0.3) is 0 Å². The molecule has 0 radical (unpaired) electrons. The fraction of sp³-hybridized carbons (Fsp3) is 0.800. The van der Waals surface area contributed by atoms with Crippen molar-refractivity contribution in [1.29, 1.82) is 0 Å². The molecule has 0 rings (SSSR count). The van der Waals surface area contributed by atoms with Gasteiger partial charge < -0.3 is 9.84 Å². The molecule has 0 saturated heterocycles. The van der Waals surface area contributed by atoms with Crippen molar-refractivity contribution in [2.45, 2.75) is 206 Å². The van der Waals surface area contributed by atoms with Gasteiger partial charge in [0.05, 0.1) is 0 Å². The van der Waals surface area contributed by atoms with Crippen molar-refractivity contribution in [3.8, 4) is 0 Å². The Morgan fingerprint density at radius 3 is 1.48 bits per heavy atom. The van der Waals surface area contributed by atoms with Gasteiger partial charge in [-0.1, -0.05) is 153 Å². The second-order valence-corrected chi connectivity index (χ2v) is 12.7. The minimum atomic E-state index is -0.676. The number of carbonyl (C=O) groups is 2. The summed E-state index contributed by atoms with van der Waals surface area (Å²) >= 11 is 0. The Morgan fingerprint density at radius 1 is 0.523 bits per heavy atom. The lowest BCUT2D eigenvalue weighted by atomic mass is 10.0. The summed E-state index contributed by atoms with van der Waals surface area (Å²) in [5.41, 5.74) is 0. The largest absolute Gasteiger partial charge is 0.481 e. The molecule has 0 fully saturated rings. The third-order valence-electron chi connectivity index (χ3n) is 8.38. The highest BCUT2D eigenvalue weighted by atomic mass is 16.5. The van der Waals surface area contributed by atoms with Crippen LogP contribution >= 0.6 is 0 Å². The Labute approximate surface area is 273 Å². The van der Waals surface area contributed by atoms with Crippen LogP contribution in [0.2, 0.25) is 0 Å². The third-order valence-corrected chi connectivity index (χ3v) is 8.38. The topological polar surface area (TPSA) is 63.6 Å². The molecule has 0 amide bonds. The maximum Gasteiger partial charge on any atom is 0.306 e. The minimum absolute atomic E-state index is 0.0190. The van der Waals surface area contributed by atoms with Gasteiger partial charge >= 0.3 is 11.9 Å². The van der Waals surface area contributed by atoms with Gasteiger partial charge in [-0.3, -0.25) is 9.59 Å². The van der Waals surface area contributed by atoms with E-state index in [1.54, 1.807) is 0 Å². The summed E-state index contributed by atoms with van der Waals surface area (Å²) in [6.45, 7) is 4.42. The molecule has 0 aliphatic carbocycles. The van der Waals surface area contributed by atoms with E-state index in [0.29, 0.717) is 12.8 Å². The highest BCUT2D eigenvalue weighted by Gasteiger charge is 2.14. The van der Waals surface area contributed by atoms with Crippen molar-refractivity contribution in [3.63, 3.8) is 0 Å². The van der Waals surface area contributed by atoms with Crippen LogP contribution in [0, 0.1) is 0 Å². The lowest BCUT2D eigenvalue weighted by Crippen LogP contribution is -2.18. The van der Waals surface area contributed by atoms with E-state index in [0.717, 1.165) is 77.0 Å². The van der Waals surface area contributed by atoms with E-state index < -0.39 is 5.97 Å². The molecular formula is C40H72O4. The Kier molecular flexibility index (Phi) is 34.1. The summed E-state index contributed by atoms with van der Waals surface area (Å²) in [4.78, 5) is 23.2. The van der Waals surface area contributed by atoms with Crippen molar-refractivity contribution in [1.82, 2.24) is 0 Å². The van der Waals surface area contributed by atoms with Crippen LogP contribution < -0.4 is 0 Å². The van der Waals surface area contributed by atoms with Gasteiger partial charge in [0.25, 0.3) is 0 Å². The fourth-order valence-electron chi connectivity index (χ4n) is 5.61. The highest BCUT2D eigenvalue weighted by Crippen LogP contribution is 2.19. The maximum absolute atomic E-state index is 12.6. The van der Waals surface area contributed by atoms with Crippen LogP contribution in [-0.4, -0.2) is 23.1 Å². The van der Waals surface area contributed by atoms with E-state index in [9.17, 15) is 9.59 Å². The number of carboxylic acid groups (broad SMARTS) is 1. The number of esters is 1. The summed E-state index contributed by atoms with van der Waals surface area (Å²) in [6, 6.07) is 0. The molecule has 44 heavy (non-hydrogen) atoms. The van der Waals surface area contributed by atoms with E-state index >= 15 is 0 Å². The molecule has 0 aliphatic rings. The second kappa shape index (κ2) is 35.6. The standard InChI is InChI=1S/C40H72O4/c1-3-5-7-9-11-12-13-14-15-16-17-22-25-29-33-37-40(43)44-38(34-30-26-10-8-6-4-2)35-31-27-23-20-18-19-21-24-28-32-36-39(41)42/h5,7,11-12,14-15,38H,3-4,6,8-10,13,16-37H2,1-2H3,(H,41,42)/b7-5-,12-11-,15-14-. The van der Waals surface area contributed by atoms with Crippen LogP contribution in [0.15, 0.2) is 36.5 Å². The zero-order valence-electron chi connectivity index (χ0n) is 29.2. The summed E-state index contributed by atoms with van der Waals surface area (Å²) in [7, 11) is 0. The number of carboxylic acids is 1. The predicted octanol–water partition coefficient (Wildman–Crippen LogP) is 13.0. The van der Waals surface area contributed by atoms with E-state index in [2.05, 4.69) is 50.3 Å². The molecule has 0 aliphatic heterocycles. The molecule has 4 heteroatoms. The lowest BCUT2D eigenvalue weighted by molar-refractivity contribution is -0.150. The Hall–Kier alpha value is -1.84. The molecular weight excluding hydrogens is 544 g/mol. The lowest BCUT2D eigenvalue weighted by Gasteiger charge is -2.18. The minimum Gasteiger partial charge on any atom is -0.481 e. The van der Waals surface area contributed by atoms with Gasteiger partial charge in [0.1, 0.15) is 6.10 Å². The quantitative estimate of drug-likeness (QED) is 0.0444. The number of unbranched alkanes of at least 4 members (excludes halogenated alkanes) is 19. The SMILES string of the molecule is CC/C=C\C/C=C\C/C=C\CCCCCCCC(=O)OC(CCCCCCCC)CCCCCCCCCCCCC(=O)O. The van der Waals surface area contributed by atoms with E-state index in [4.69, 9.17) is 9.84 Å². The first-order chi connectivity index (χ1) is 21.6. The van der Waals surface area contributed by atoms with Gasteiger partial charge in [-0.2, -0.15) is 0 Å². The van der Waals surface area contributed by atoms with Crippen molar-refractivity contribution >= 4 is 11.9 Å². The normalized spacial score (nSPS) is 12.6. The van der Waals surface area contributed by atoms with Crippen molar-refractivity contribution < 1.29 is 19.4 Å². The number of aliphatic carboxylic acids is 1. The molecule has 256 valence electrons. The molecule has 0 aromatic rings. The van der Waals surface area contributed by atoms with Crippen LogP contribution in [0.5, 0.6) is 0 Å². The fourth-order valence-corrected chi connectivity index (χ4v) is 5.61. The smallest absolute Gasteiger partial charge is 0.306 e. The van der Waals surface area contributed by atoms with Crippen molar-refractivity contribution in [2.75, 3.05) is 0 Å². The molecule has 1 atom stereocenters. The summed E-state index contributed by atoms with van der Waals surface area (Å²) in [6.07, 6.45) is 46.0. The molecule has 0 heterocycles. The monoisotopic (exact) mass is 617 g/mol. The number of hydrogen-bond donors (Lipinski definition) is 1. The van der Waals surface area contributed by atoms with Crippen LogP contribution in [-0.2, 0) is 14.3 Å². The summed E-state index contributed by atoms with van der Waals surface area (Å²) in [5, 5.41) is 8.70. The number of carbonyl (C=O) groups excluding carboxylic acids is 1. The first-order valence-corrected chi connectivity index (χ1v) is 19.0. The Balaban J connectivity index is 3.99. The van der Waals surface area contributed by atoms with Gasteiger partial charge in [0, 0.05) is 12.8 Å². The zero-order valence-corrected chi connectivity index (χ0v) is 29.2. The molecule has 1 N–H and O–H groups in total. The summed E-state index contributed by atoms with van der Waals surface area (Å²) in [5.74, 6) is -0.657. The molecule has 0 aromatic heterocycles. The number of hydrogen-bond acceptors (Lipinski definition) is 3. The first-order valence-electron chi connectivity index (χ1n) is 19.0. The number of allylic oxidation sites excluding steroid dienone is 6. The molecule has 0 bridgehead atoms. The third kappa shape index (κ3) is 34.6. The van der Waals surface area contributed by atoms with Gasteiger partial charge in [-0.25, -0.2) is 0 Å². The zero-order chi connectivity index (χ0) is 32.2. The van der Waals surface area contributed by atoms with Gasteiger partial charge in [0.15, 0.2) is 0 Å². The molecule has 0 spiro atoms. The predicted molar refractivity (Wildman–Crippen MR) is 190 cm³/mol. The second-order valence-electron chi connectivity index (χ2n) is 12.7. The van der Waals surface area contributed by atoms with Gasteiger partial charge in [-0.15, -0.1) is 0 Å². The maximum atomic E-state index is 12.6. The Morgan fingerprint density at radius 2 is 0.955 bits per heavy atom. The van der Waals surface area contributed by atoms with Gasteiger partial charge in [0.2, 0.25) is 0 Å². The summed E-state index contributed by atoms with van der Waals surface area (Å²) < 4.78 is 6.01. The highest BCUT2D eigenvalue weighted by molar-refractivity contribution is 5.69. The van der Waals surface area contributed by atoms with Crippen molar-refractivity contribution in [2.24, 2.45) is 0 Å². The Bertz CT molecular complexity index is 708. The molecule has 0 aromatic carbocycles. The van der Waals surface area contributed by atoms with Crippen LogP contribution in [0.3, 0.4) is 0 Å². The van der Waals surface area contributed by atoms with E-state index in [-0.39, 0.29) is 12.1 Å². The van der Waals surface area contributed by atoms with Crippen LogP contribution in [0.1, 0.15) is 200 Å². The van der Waals surface area contributed by atoms with Gasteiger partial charge in [-0.05, 0) is 70.6 Å². The number of rotatable bonds is 34.